The predicted molar refractivity (Wildman–Crippen MR) is 96.6 cm³/mol. The number of hydrogen-bond donors (Lipinski definition) is 0. The summed E-state index contributed by atoms with van der Waals surface area (Å²) in [4.78, 5) is 0. The van der Waals surface area contributed by atoms with Crippen LogP contribution >= 0.6 is 11.8 Å². The van der Waals surface area contributed by atoms with Crippen molar-refractivity contribution in [2.45, 2.75) is 63.9 Å². The van der Waals surface area contributed by atoms with E-state index >= 15 is 0 Å². The average Bonchev–Trinajstić information content (AvgIpc) is 2.38. The molecule has 0 aliphatic heterocycles. The van der Waals surface area contributed by atoms with Crippen molar-refractivity contribution in [3.05, 3.63) is 35.9 Å². The monoisotopic (exact) mass is 305 g/mol. The molecular formula is C18H28SSi. The van der Waals surface area contributed by atoms with Crippen molar-refractivity contribution >= 4 is 19.8 Å². The zero-order chi connectivity index (χ0) is 15.2. The van der Waals surface area contributed by atoms with E-state index < -0.39 is 8.07 Å². The molecule has 0 spiro atoms. The molecule has 0 atom stereocenters. The van der Waals surface area contributed by atoms with E-state index in [1.165, 1.54) is 5.56 Å². The number of thioether (sulfide) groups is 1. The molecule has 0 unspecified atom stereocenters. The third-order valence-electron chi connectivity index (χ3n) is 4.29. The Balaban J connectivity index is 2.79. The average molecular weight is 306 g/mol. The zero-order valence-electron chi connectivity index (χ0n) is 13.7. The summed E-state index contributed by atoms with van der Waals surface area (Å²) < 4.78 is 0. The van der Waals surface area contributed by atoms with Gasteiger partial charge in [-0.2, -0.15) is 0 Å². The van der Waals surface area contributed by atoms with E-state index in [4.69, 9.17) is 0 Å². The molecule has 0 fully saturated rings. The molecule has 20 heavy (non-hydrogen) atoms. The molecule has 0 amide bonds. The van der Waals surface area contributed by atoms with Gasteiger partial charge in [-0.25, -0.2) is 0 Å². The predicted octanol–water partition coefficient (Wildman–Crippen LogP) is 6.10. The second kappa shape index (κ2) is 7.95. The van der Waals surface area contributed by atoms with Gasteiger partial charge in [0, 0.05) is 5.75 Å². The molecule has 2 heteroatoms. The van der Waals surface area contributed by atoms with Crippen molar-refractivity contribution in [3.8, 4) is 10.8 Å². The van der Waals surface area contributed by atoms with Gasteiger partial charge in [-0.1, -0.05) is 83.6 Å². The smallest absolute Gasteiger partial charge is 0.119 e. The van der Waals surface area contributed by atoms with Gasteiger partial charge in [0.1, 0.15) is 8.07 Å². The Bertz CT molecular complexity index is 430. The van der Waals surface area contributed by atoms with Crippen molar-refractivity contribution in [1.82, 2.24) is 0 Å². The first-order valence-electron chi connectivity index (χ1n) is 7.59. The van der Waals surface area contributed by atoms with Crippen LogP contribution in [0.15, 0.2) is 30.3 Å². The van der Waals surface area contributed by atoms with Gasteiger partial charge in [-0.3, -0.25) is 0 Å². The van der Waals surface area contributed by atoms with Gasteiger partial charge in [0.25, 0.3) is 0 Å². The highest BCUT2D eigenvalue weighted by Gasteiger charge is 2.41. The lowest BCUT2D eigenvalue weighted by atomic mass is 10.2. The third kappa shape index (κ3) is 4.17. The Kier molecular flexibility index (Phi) is 6.92. The van der Waals surface area contributed by atoms with Gasteiger partial charge < -0.3 is 0 Å². The fourth-order valence-corrected chi connectivity index (χ4v) is 9.54. The maximum atomic E-state index is 3.75. The summed E-state index contributed by atoms with van der Waals surface area (Å²) in [5.74, 6) is 0.993. The van der Waals surface area contributed by atoms with Crippen LogP contribution in [0.1, 0.15) is 47.1 Å². The van der Waals surface area contributed by atoms with Gasteiger partial charge in [0.15, 0.2) is 0 Å². The van der Waals surface area contributed by atoms with Crippen molar-refractivity contribution in [3.63, 3.8) is 0 Å². The van der Waals surface area contributed by atoms with E-state index in [0.29, 0.717) is 16.6 Å². The molecule has 0 saturated heterocycles. The van der Waals surface area contributed by atoms with E-state index in [1.54, 1.807) is 11.8 Å². The van der Waals surface area contributed by atoms with Crippen LogP contribution in [0.4, 0.5) is 0 Å². The fraction of sp³-hybridized carbons (Fsp3) is 0.556. The molecule has 0 aromatic heterocycles. The van der Waals surface area contributed by atoms with Gasteiger partial charge >= 0.3 is 0 Å². The Morgan fingerprint density at radius 2 is 1.40 bits per heavy atom. The van der Waals surface area contributed by atoms with Crippen LogP contribution in [0.25, 0.3) is 0 Å². The summed E-state index contributed by atoms with van der Waals surface area (Å²) in [7, 11) is -1.55. The van der Waals surface area contributed by atoms with Crippen LogP contribution < -0.4 is 0 Å². The molecule has 1 rings (SSSR count). The van der Waals surface area contributed by atoms with Crippen molar-refractivity contribution in [2.24, 2.45) is 0 Å². The first-order chi connectivity index (χ1) is 9.41. The molecule has 0 N–H and O–H groups in total. The van der Waals surface area contributed by atoms with Crippen LogP contribution in [0.2, 0.25) is 16.6 Å². The van der Waals surface area contributed by atoms with Gasteiger partial charge in [0.2, 0.25) is 0 Å². The number of benzene rings is 1. The lowest BCUT2D eigenvalue weighted by Gasteiger charge is -2.37. The van der Waals surface area contributed by atoms with Crippen molar-refractivity contribution < 1.29 is 0 Å². The molecule has 0 bridgehead atoms. The van der Waals surface area contributed by atoms with E-state index in [0.717, 1.165) is 5.75 Å². The Labute approximate surface area is 130 Å². The first kappa shape index (κ1) is 17.4. The maximum absolute atomic E-state index is 3.75. The standard InChI is InChI=1S/C18H28SSi/c1-15(2)20(16(3)4,17(5)6)13-12-19-14-18-10-8-7-9-11-18/h7-11,15-17H,14H2,1-6H3/i13+1. The molecular weight excluding hydrogens is 277 g/mol. The van der Waals surface area contributed by atoms with Gasteiger partial charge in [-0.15, -0.1) is 5.54 Å². The van der Waals surface area contributed by atoms with Crippen LogP contribution in [0.3, 0.4) is 0 Å². The zero-order valence-corrected chi connectivity index (χ0v) is 15.6. The summed E-state index contributed by atoms with van der Waals surface area (Å²) in [5.41, 5.74) is 7.26. The number of hydrogen-bond acceptors (Lipinski definition) is 1. The Morgan fingerprint density at radius 1 is 0.900 bits per heavy atom. The molecule has 0 aliphatic rings. The van der Waals surface area contributed by atoms with E-state index in [-0.39, 0.29) is 0 Å². The summed E-state index contributed by atoms with van der Waals surface area (Å²) >= 11 is 1.76. The van der Waals surface area contributed by atoms with Crippen LogP contribution in [-0.2, 0) is 5.75 Å². The topological polar surface area (TPSA) is 0 Å². The molecule has 0 radical (unpaired) electrons. The van der Waals surface area contributed by atoms with Crippen molar-refractivity contribution in [2.75, 3.05) is 0 Å². The summed E-state index contributed by atoms with van der Waals surface area (Å²) in [6, 6.07) is 10.6. The normalized spacial score (nSPS) is 11.8. The lowest BCUT2D eigenvalue weighted by Crippen LogP contribution is -2.43. The molecule has 0 aliphatic carbocycles. The minimum Gasteiger partial charge on any atom is -0.119 e. The van der Waals surface area contributed by atoms with Crippen molar-refractivity contribution in [1.29, 1.82) is 0 Å². The highest BCUT2D eigenvalue weighted by Crippen LogP contribution is 2.40. The summed E-state index contributed by atoms with van der Waals surface area (Å²) in [6.07, 6.45) is 0. The quantitative estimate of drug-likeness (QED) is 0.360. The highest BCUT2D eigenvalue weighted by molar-refractivity contribution is 8.03. The summed E-state index contributed by atoms with van der Waals surface area (Å²) in [6.45, 7) is 14.2. The molecule has 1 aromatic rings. The van der Waals surface area contributed by atoms with E-state index in [9.17, 15) is 0 Å². The minimum absolute atomic E-state index is 0.715. The van der Waals surface area contributed by atoms with Gasteiger partial charge in [-0.05, 0) is 27.4 Å². The van der Waals surface area contributed by atoms with Crippen LogP contribution in [0.5, 0.6) is 0 Å². The molecule has 0 saturated carbocycles. The largest absolute Gasteiger partial charge is 0.147 e. The Morgan fingerprint density at radius 3 is 1.85 bits per heavy atom. The molecule has 0 heterocycles. The molecule has 110 valence electrons. The van der Waals surface area contributed by atoms with Crippen LogP contribution in [-0.4, -0.2) is 8.07 Å². The van der Waals surface area contributed by atoms with E-state index in [1.807, 2.05) is 0 Å². The second-order valence-corrected chi connectivity index (χ2v) is 12.8. The third-order valence-corrected chi connectivity index (χ3v) is 11.5. The lowest BCUT2D eigenvalue weighted by molar-refractivity contribution is 0.838. The minimum atomic E-state index is -1.55. The van der Waals surface area contributed by atoms with E-state index in [2.05, 4.69) is 82.7 Å². The second-order valence-electron chi connectivity index (χ2n) is 6.40. The maximum Gasteiger partial charge on any atom is 0.147 e. The summed E-state index contributed by atoms with van der Waals surface area (Å²) in [5, 5.41) is 3.45. The SMILES string of the molecule is CC(C)[Si]([13C]#CSCc1ccccc1)(C(C)C)C(C)C. The molecule has 1 aromatic carbocycles. The molecule has 0 nitrogen and oxygen atoms in total. The highest BCUT2D eigenvalue weighted by atomic mass is 32.2. The Hall–Kier alpha value is -0.653. The number of rotatable bonds is 5. The first-order valence-corrected chi connectivity index (χ1v) is 10.8. The van der Waals surface area contributed by atoms with Crippen LogP contribution in [0, 0.1) is 10.8 Å². The fourth-order valence-electron chi connectivity index (χ4n) is 3.25. The van der Waals surface area contributed by atoms with Gasteiger partial charge in [0.05, 0.1) is 0 Å².